The average molecular weight is 505 g/mol. The van der Waals surface area contributed by atoms with E-state index in [4.69, 9.17) is 9.47 Å². The summed E-state index contributed by atoms with van der Waals surface area (Å²) in [5.74, 6) is 0.368. The number of rotatable bonds is 8. The number of aliphatic hydroxyl groups excluding tert-OH is 1. The number of hydrogen-bond acceptors (Lipinski definition) is 4. The number of nitrogens with zero attached hydrogens (tertiary/aromatic N) is 2. The van der Waals surface area contributed by atoms with Gasteiger partial charge in [-0.25, -0.2) is 9.18 Å². The molecule has 0 aliphatic rings. The van der Waals surface area contributed by atoms with E-state index in [1.165, 1.54) is 17.0 Å². The molecule has 4 aromatic rings. The maximum Gasteiger partial charge on any atom is 0.410 e. The standard InChI is InChI=1S/C30H33FN2O4/c1-30(2,3)37-29(35)32(4)19-27(34)28(22-10-6-5-7-11-22)33-16-15-23-18-25(13-14-26(23)33)36-20-21-9-8-12-24(31)17-21/h5-18,27-28,34H,19-20H2,1-4H3/t27-,28+/m1/s1. The minimum atomic E-state index is -0.903. The zero-order valence-corrected chi connectivity index (χ0v) is 21.6. The van der Waals surface area contributed by atoms with Gasteiger partial charge in [0.05, 0.1) is 18.7 Å². The summed E-state index contributed by atoms with van der Waals surface area (Å²) in [6.45, 7) is 5.77. The molecule has 0 saturated heterocycles. The summed E-state index contributed by atoms with van der Waals surface area (Å²) < 4.78 is 26.8. The predicted octanol–water partition coefficient (Wildman–Crippen LogP) is 6.18. The first-order valence-electron chi connectivity index (χ1n) is 12.3. The summed E-state index contributed by atoms with van der Waals surface area (Å²) in [6.07, 6.45) is 0.533. The Hall–Kier alpha value is -3.84. The third-order valence-electron chi connectivity index (χ3n) is 5.96. The van der Waals surface area contributed by atoms with Crippen molar-refractivity contribution in [1.82, 2.24) is 9.47 Å². The number of hydrogen-bond donors (Lipinski definition) is 1. The Balaban J connectivity index is 1.58. The lowest BCUT2D eigenvalue weighted by Gasteiger charge is -2.30. The number of ether oxygens (including phenoxy) is 2. The first-order valence-corrected chi connectivity index (χ1v) is 12.3. The molecule has 37 heavy (non-hydrogen) atoms. The molecule has 1 N–H and O–H groups in total. The van der Waals surface area contributed by atoms with Crippen LogP contribution < -0.4 is 4.74 Å². The van der Waals surface area contributed by atoms with E-state index >= 15 is 0 Å². The van der Waals surface area contributed by atoms with Crippen molar-refractivity contribution >= 4 is 17.0 Å². The Morgan fingerprint density at radius 2 is 1.78 bits per heavy atom. The molecule has 3 aromatic carbocycles. The van der Waals surface area contributed by atoms with Crippen LogP contribution in [-0.4, -0.2) is 46.0 Å². The molecular weight excluding hydrogens is 471 g/mol. The molecule has 0 unspecified atom stereocenters. The van der Waals surface area contributed by atoms with Gasteiger partial charge in [-0.1, -0.05) is 42.5 Å². The maximum atomic E-state index is 13.5. The molecule has 0 spiro atoms. The normalized spacial score (nSPS) is 13.2. The van der Waals surface area contributed by atoms with Crippen molar-refractivity contribution in [2.45, 2.75) is 45.1 Å². The highest BCUT2D eigenvalue weighted by atomic mass is 19.1. The molecule has 0 aliphatic heterocycles. The first kappa shape index (κ1) is 26.2. The van der Waals surface area contributed by atoms with Gasteiger partial charge in [-0.3, -0.25) is 0 Å². The fraction of sp³-hybridized carbons (Fsp3) is 0.300. The Morgan fingerprint density at radius 1 is 1.03 bits per heavy atom. The molecule has 0 saturated carbocycles. The van der Waals surface area contributed by atoms with Crippen molar-refractivity contribution in [2.24, 2.45) is 0 Å². The third kappa shape index (κ3) is 6.68. The van der Waals surface area contributed by atoms with E-state index in [1.807, 2.05) is 92.2 Å². The lowest BCUT2D eigenvalue weighted by Crippen LogP contribution is -2.41. The van der Waals surface area contributed by atoms with Gasteiger partial charge in [-0.15, -0.1) is 0 Å². The van der Waals surface area contributed by atoms with Crippen LogP contribution in [0.4, 0.5) is 9.18 Å². The number of benzene rings is 3. The molecule has 1 aromatic heterocycles. The van der Waals surface area contributed by atoms with Crippen LogP contribution in [0, 0.1) is 5.82 Å². The molecule has 0 bridgehead atoms. The second-order valence-electron chi connectivity index (χ2n) is 10.1. The highest BCUT2D eigenvalue weighted by Crippen LogP contribution is 2.30. The Labute approximate surface area is 216 Å². The van der Waals surface area contributed by atoms with E-state index < -0.39 is 23.8 Å². The lowest BCUT2D eigenvalue weighted by atomic mass is 10.0. The Bertz CT molecular complexity index is 1350. The quantitative estimate of drug-likeness (QED) is 0.311. The Kier molecular flexibility index (Phi) is 7.83. The van der Waals surface area contributed by atoms with Crippen LogP contribution in [0.5, 0.6) is 5.75 Å². The van der Waals surface area contributed by atoms with Crippen LogP contribution in [0.3, 0.4) is 0 Å². The predicted molar refractivity (Wildman–Crippen MR) is 142 cm³/mol. The van der Waals surface area contributed by atoms with Crippen LogP contribution in [0.25, 0.3) is 10.9 Å². The van der Waals surface area contributed by atoms with Crippen LogP contribution in [-0.2, 0) is 11.3 Å². The monoisotopic (exact) mass is 504 g/mol. The minimum Gasteiger partial charge on any atom is -0.489 e. The van der Waals surface area contributed by atoms with Gasteiger partial charge in [-0.2, -0.15) is 0 Å². The van der Waals surface area contributed by atoms with Crippen molar-refractivity contribution in [3.8, 4) is 5.75 Å². The molecule has 6 nitrogen and oxygen atoms in total. The molecule has 0 aliphatic carbocycles. The second-order valence-corrected chi connectivity index (χ2v) is 10.1. The largest absolute Gasteiger partial charge is 0.489 e. The molecule has 4 rings (SSSR count). The van der Waals surface area contributed by atoms with Crippen LogP contribution in [0.1, 0.15) is 37.9 Å². The van der Waals surface area contributed by atoms with Gasteiger partial charge in [0.25, 0.3) is 0 Å². The van der Waals surface area contributed by atoms with Crippen LogP contribution in [0.2, 0.25) is 0 Å². The van der Waals surface area contributed by atoms with Crippen molar-refractivity contribution in [1.29, 1.82) is 0 Å². The van der Waals surface area contributed by atoms with Crippen LogP contribution in [0.15, 0.2) is 85.1 Å². The van der Waals surface area contributed by atoms with E-state index in [0.29, 0.717) is 5.75 Å². The van der Waals surface area contributed by atoms with E-state index in [-0.39, 0.29) is 19.0 Å². The zero-order chi connectivity index (χ0) is 26.6. The summed E-state index contributed by atoms with van der Waals surface area (Å²) in [6, 6.07) is 23.3. The van der Waals surface area contributed by atoms with Crippen LogP contribution >= 0.6 is 0 Å². The summed E-state index contributed by atoms with van der Waals surface area (Å²) in [5.41, 5.74) is 1.95. The van der Waals surface area contributed by atoms with Gasteiger partial charge in [0.2, 0.25) is 0 Å². The van der Waals surface area contributed by atoms with Crippen molar-refractivity contribution in [3.05, 3.63) is 102 Å². The van der Waals surface area contributed by atoms with E-state index in [1.54, 1.807) is 13.1 Å². The van der Waals surface area contributed by atoms with Crippen molar-refractivity contribution in [3.63, 3.8) is 0 Å². The molecule has 7 heteroatoms. The summed E-state index contributed by atoms with van der Waals surface area (Å²) in [5, 5.41) is 12.3. The number of aromatic nitrogens is 1. The molecule has 0 radical (unpaired) electrons. The number of carbonyl (C=O) groups excluding carboxylic acids is 1. The fourth-order valence-electron chi connectivity index (χ4n) is 4.28. The fourth-order valence-corrected chi connectivity index (χ4v) is 4.28. The van der Waals surface area contributed by atoms with Gasteiger partial charge >= 0.3 is 6.09 Å². The number of aliphatic hydroxyl groups is 1. The maximum absolute atomic E-state index is 13.5. The molecule has 2 atom stereocenters. The zero-order valence-electron chi connectivity index (χ0n) is 21.6. The summed E-state index contributed by atoms with van der Waals surface area (Å²) >= 11 is 0. The molecule has 1 amide bonds. The van der Waals surface area contributed by atoms with Gasteiger partial charge in [0.15, 0.2) is 0 Å². The van der Waals surface area contributed by atoms with E-state index in [0.717, 1.165) is 22.0 Å². The first-order chi connectivity index (χ1) is 17.6. The molecule has 1 heterocycles. The highest BCUT2D eigenvalue weighted by molar-refractivity contribution is 5.82. The SMILES string of the molecule is CN(C[C@@H](O)[C@H](c1ccccc1)n1ccc2cc(OCc3cccc(F)c3)ccc21)C(=O)OC(C)(C)C. The summed E-state index contributed by atoms with van der Waals surface area (Å²) in [4.78, 5) is 13.9. The Morgan fingerprint density at radius 3 is 2.49 bits per heavy atom. The van der Waals surface area contributed by atoms with E-state index in [2.05, 4.69) is 0 Å². The number of halogens is 1. The van der Waals surface area contributed by atoms with Gasteiger partial charge in [0.1, 0.15) is 23.8 Å². The lowest BCUT2D eigenvalue weighted by molar-refractivity contribution is 0.0168. The van der Waals surface area contributed by atoms with E-state index in [9.17, 15) is 14.3 Å². The third-order valence-corrected chi connectivity index (χ3v) is 5.96. The number of carbonyl (C=O) groups is 1. The van der Waals surface area contributed by atoms with Gasteiger partial charge in [-0.05, 0) is 68.3 Å². The smallest absolute Gasteiger partial charge is 0.410 e. The molecule has 0 fully saturated rings. The highest BCUT2D eigenvalue weighted by Gasteiger charge is 2.28. The number of fused-ring (bicyclic) bond motifs is 1. The van der Waals surface area contributed by atoms with Gasteiger partial charge < -0.3 is 24.0 Å². The molecule has 194 valence electrons. The second kappa shape index (κ2) is 11.0. The van der Waals surface area contributed by atoms with Crippen molar-refractivity contribution in [2.75, 3.05) is 13.6 Å². The topological polar surface area (TPSA) is 63.9 Å². The number of likely N-dealkylation sites (N-methyl/N-ethyl adjacent to an activating group) is 1. The van der Waals surface area contributed by atoms with Crippen molar-refractivity contribution < 1.29 is 23.8 Å². The summed E-state index contributed by atoms with van der Waals surface area (Å²) in [7, 11) is 1.62. The molecular formula is C30H33FN2O4. The number of amides is 1. The van der Waals surface area contributed by atoms with Gasteiger partial charge in [0, 0.05) is 24.1 Å². The minimum absolute atomic E-state index is 0.0863. The average Bonchev–Trinajstić information content (AvgIpc) is 3.25.